The summed E-state index contributed by atoms with van der Waals surface area (Å²) in [5, 5.41) is 14.6. The van der Waals surface area contributed by atoms with Gasteiger partial charge in [-0.3, -0.25) is 4.79 Å². The third kappa shape index (κ3) is 5.05. The van der Waals surface area contributed by atoms with Crippen LogP contribution in [0.2, 0.25) is 0 Å². The van der Waals surface area contributed by atoms with Crippen LogP contribution in [0.1, 0.15) is 54.7 Å². The quantitative estimate of drug-likeness (QED) is 0.812. The first-order valence-corrected chi connectivity index (χ1v) is 9.11. The SMILES string of the molecule is CC(C)C(CNC(=O)c1cn(C2CCNCC2)nn1)c1ccccc1.Cl. The first kappa shape index (κ1) is 20.4. The Kier molecular flexibility index (Phi) is 7.60. The van der Waals surface area contributed by atoms with Crippen LogP contribution in [-0.2, 0) is 0 Å². The Morgan fingerprint density at radius 2 is 1.96 bits per heavy atom. The lowest BCUT2D eigenvalue weighted by atomic mass is 9.88. The van der Waals surface area contributed by atoms with Gasteiger partial charge in [-0.1, -0.05) is 49.4 Å². The number of nitrogens with one attached hydrogen (secondary N) is 2. The highest BCUT2D eigenvalue weighted by atomic mass is 35.5. The summed E-state index contributed by atoms with van der Waals surface area (Å²) in [6.45, 7) is 6.92. The number of hydrogen-bond donors (Lipinski definition) is 2. The maximum Gasteiger partial charge on any atom is 0.273 e. The summed E-state index contributed by atoms with van der Waals surface area (Å²) in [6.07, 6.45) is 3.82. The molecule has 1 aromatic heterocycles. The van der Waals surface area contributed by atoms with Gasteiger partial charge in [-0.25, -0.2) is 4.68 Å². The minimum Gasteiger partial charge on any atom is -0.350 e. The summed E-state index contributed by atoms with van der Waals surface area (Å²) < 4.78 is 1.84. The number of amides is 1. The van der Waals surface area contributed by atoms with Crippen molar-refractivity contribution in [1.29, 1.82) is 0 Å². The normalized spacial score (nSPS) is 16.1. The number of piperidine rings is 1. The highest BCUT2D eigenvalue weighted by Crippen LogP contribution is 2.23. The number of halogens is 1. The summed E-state index contributed by atoms with van der Waals surface area (Å²) in [6, 6.07) is 10.7. The number of hydrogen-bond acceptors (Lipinski definition) is 4. The highest BCUT2D eigenvalue weighted by Gasteiger charge is 2.20. The molecule has 7 heteroatoms. The van der Waals surface area contributed by atoms with Gasteiger partial charge in [0.05, 0.1) is 12.2 Å². The number of carbonyl (C=O) groups excluding carboxylic acids is 1. The second kappa shape index (κ2) is 9.69. The average Bonchev–Trinajstić information content (AvgIpc) is 3.13. The van der Waals surface area contributed by atoms with Crippen LogP contribution in [0.3, 0.4) is 0 Å². The molecule has 2 heterocycles. The Balaban J connectivity index is 0.00000243. The lowest BCUT2D eigenvalue weighted by molar-refractivity contribution is 0.0944. The Labute approximate surface area is 161 Å². The molecule has 1 aliphatic heterocycles. The van der Waals surface area contributed by atoms with Crippen molar-refractivity contribution < 1.29 is 4.79 Å². The van der Waals surface area contributed by atoms with E-state index in [1.807, 2.05) is 22.9 Å². The standard InChI is InChI=1S/C19H27N5O.ClH/c1-14(2)17(15-6-4-3-5-7-15)12-21-19(25)18-13-24(23-22-18)16-8-10-20-11-9-16;/h3-7,13-14,16-17,20H,8-12H2,1-2H3,(H,21,25);1H. The van der Waals surface area contributed by atoms with E-state index in [2.05, 4.69) is 46.9 Å². The molecule has 1 aliphatic rings. The van der Waals surface area contributed by atoms with Gasteiger partial charge in [0.1, 0.15) is 0 Å². The summed E-state index contributed by atoms with van der Waals surface area (Å²) in [5.74, 6) is 0.569. The van der Waals surface area contributed by atoms with Crippen molar-refractivity contribution in [2.75, 3.05) is 19.6 Å². The van der Waals surface area contributed by atoms with Gasteiger partial charge < -0.3 is 10.6 Å². The molecule has 0 spiro atoms. The molecular formula is C19H28ClN5O. The van der Waals surface area contributed by atoms with Crippen molar-refractivity contribution in [3.63, 3.8) is 0 Å². The Morgan fingerprint density at radius 3 is 2.62 bits per heavy atom. The van der Waals surface area contributed by atoms with Crippen LogP contribution in [0.5, 0.6) is 0 Å². The van der Waals surface area contributed by atoms with Crippen molar-refractivity contribution >= 4 is 18.3 Å². The van der Waals surface area contributed by atoms with Crippen molar-refractivity contribution in [3.05, 3.63) is 47.8 Å². The molecule has 6 nitrogen and oxygen atoms in total. The predicted molar refractivity (Wildman–Crippen MR) is 105 cm³/mol. The first-order chi connectivity index (χ1) is 12.1. The zero-order valence-electron chi connectivity index (χ0n) is 15.4. The molecule has 1 aromatic carbocycles. The van der Waals surface area contributed by atoms with E-state index in [0.717, 1.165) is 25.9 Å². The lowest BCUT2D eigenvalue weighted by Crippen LogP contribution is -2.31. The van der Waals surface area contributed by atoms with E-state index < -0.39 is 0 Å². The third-order valence-corrected chi connectivity index (χ3v) is 4.94. The van der Waals surface area contributed by atoms with Gasteiger partial charge in [0.25, 0.3) is 5.91 Å². The van der Waals surface area contributed by atoms with Gasteiger partial charge in [-0.2, -0.15) is 0 Å². The van der Waals surface area contributed by atoms with E-state index in [1.54, 1.807) is 6.20 Å². The molecule has 1 saturated heterocycles. The summed E-state index contributed by atoms with van der Waals surface area (Å²) in [4.78, 5) is 12.5. The van der Waals surface area contributed by atoms with E-state index >= 15 is 0 Å². The molecule has 1 amide bonds. The maximum absolute atomic E-state index is 12.5. The van der Waals surface area contributed by atoms with Crippen LogP contribution in [0.25, 0.3) is 0 Å². The van der Waals surface area contributed by atoms with E-state index in [1.165, 1.54) is 5.56 Å². The van der Waals surface area contributed by atoms with Gasteiger partial charge in [0.15, 0.2) is 5.69 Å². The number of benzene rings is 1. The Morgan fingerprint density at radius 1 is 1.27 bits per heavy atom. The van der Waals surface area contributed by atoms with Crippen LogP contribution in [0.15, 0.2) is 36.5 Å². The molecule has 1 unspecified atom stereocenters. The first-order valence-electron chi connectivity index (χ1n) is 9.11. The second-order valence-electron chi connectivity index (χ2n) is 7.04. The second-order valence-corrected chi connectivity index (χ2v) is 7.04. The summed E-state index contributed by atoms with van der Waals surface area (Å²) in [7, 11) is 0. The Bertz CT molecular complexity index is 682. The topological polar surface area (TPSA) is 71.8 Å². The highest BCUT2D eigenvalue weighted by molar-refractivity contribution is 5.91. The Hall–Kier alpha value is -1.92. The molecule has 2 aromatic rings. The fourth-order valence-corrected chi connectivity index (χ4v) is 3.36. The predicted octanol–water partition coefficient (Wildman–Crippen LogP) is 2.79. The molecular weight excluding hydrogens is 350 g/mol. The van der Waals surface area contributed by atoms with Crippen molar-refractivity contribution in [1.82, 2.24) is 25.6 Å². The van der Waals surface area contributed by atoms with E-state index in [-0.39, 0.29) is 24.2 Å². The van der Waals surface area contributed by atoms with Crippen molar-refractivity contribution in [2.45, 2.75) is 38.6 Å². The van der Waals surface area contributed by atoms with E-state index in [4.69, 9.17) is 0 Å². The molecule has 0 aliphatic carbocycles. The largest absolute Gasteiger partial charge is 0.350 e. The van der Waals surface area contributed by atoms with Crippen molar-refractivity contribution in [2.24, 2.45) is 5.92 Å². The molecule has 1 atom stereocenters. The summed E-state index contributed by atoms with van der Waals surface area (Å²) >= 11 is 0. The minimum atomic E-state index is -0.151. The van der Waals surface area contributed by atoms with Gasteiger partial charge in [0, 0.05) is 12.5 Å². The molecule has 0 saturated carbocycles. The fourth-order valence-electron chi connectivity index (χ4n) is 3.36. The van der Waals surface area contributed by atoms with Gasteiger partial charge in [-0.05, 0) is 37.4 Å². The van der Waals surface area contributed by atoms with E-state index in [9.17, 15) is 4.79 Å². The lowest BCUT2D eigenvalue weighted by Gasteiger charge is -2.22. The monoisotopic (exact) mass is 377 g/mol. The van der Waals surface area contributed by atoms with Crippen LogP contribution >= 0.6 is 12.4 Å². The maximum atomic E-state index is 12.5. The minimum absolute atomic E-state index is 0. The third-order valence-electron chi connectivity index (χ3n) is 4.94. The molecule has 0 radical (unpaired) electrons. The average molecular weight is 378 g/mol. The zero-order chi connectivity index (χ0) is 17.6. The fraction of sp³-hybridized carbons (Fsp3) is 0.526. The number of rotatable bonds is 6. The zero-order valence-corrected chi connectivity index (χ0v) is 16.2. The van der Waals surface area contributed by atoms with Crippen LogP contribution in [0, 0.1) is 5.92 Å². The van der Waals surface area contributed by atoms with Gasteiger partial charge in [0.2, 0.25) is 0 Å². The van der Waals surface area contributed by atoms with Gasteiger partial charge in [-0.15, -0.1) is 17.5 Å². The molecule has 142 valence electrons. The van der Waals surface area contributed by atoms with Gasteiger partial charge >= 0.3 is 0 Å². The molecule has 0 bridgehead atoms. The number of carbonyl (C=O) groups is 1. The van der Waals surface area contributed by atoms with Crippen LogP contribution in [-0.4, -0.2) is 40.5 Å². The van der Waals surface area contributed by atoms with Crippen molar-refractivity contribution in [3.8, 4) is 0 Å². The molecule has 2 N–H and O–H groups in total. The number of aromatic nitrogens is 3. The number of nitrogens with zero attached hydrogens (tertiary/aromatic N) is 3. The van der Waals surface area contributed by atoms with Crippen LogP contribution < -0.4 is 10.6 Å². The molecule has 1 fully saturated rings. The molecule has 26 heavy (non-hydrogen) atoms. The van der Waals surface area contributed by atoms with Crippen LogP contribution in [0.4, 0.5) is 0 Å². The molecule has 3 rings (SSSR count). The smallest absolute Gasteiger partial charge is 0.273 e. The van der Waals surface area contributed by atoms with E-state index in [0.29, 0.717) is 24.2 Å². The summed E-state index contributed by atoms with van der Waals surface area (Å²) in [5.41, 5.74) is 1.64.